The Morgan fingerprint density at radius 3 is 2.95 bits per heavy atom. The molecule has 0 unspecified atom stereocenters. The Morgan fingerprint density at radius 2 is 2.10 bits per heavy atom. The number of hydrogen-bond acceptors (Lipinski definition) is 5. The van der Waals surface area contributed by atoms with E-state index in [1.165, 1.54) is 12.8 Å². The fourth-order valence-electron chi connectivity index (χ4n) is 3.54. The minimum absolute atomic E-state index is 0.653. The van der Waals surface area contributed by atoms with Gasteiger partial charge in [0.25, 0.3) is 0 Å². The van der Waals surface area contributed by atoms with Gasteiger partial charge in [-0.1, -0.05) is 18.2 Å². The van der Waals surface area contributed by atoms with E-state index < -0.39 is 0 Å². The van der Waals surface area contributed by atoms with Crippen molar-refractivity contribution in [2.24, 2.45) is 5.92 Å². The lowest BCUT2D eigenvalue weighted by Gasteiger charge is -2.24. The van der Waals surface area contributed by atoms with Gasteiger partial charge >= 0.3 is 0 Å². The van der Waals surface area contributed by atoms with Crippen LogP contribution in [-0.2, 0) is 6.54 Å². The van der Waals surface area contributed by atoms with Gasteiger partial charge in [0.1, 0.15) is 0 Å². The topological polar surface area (TPSA) is 58.9 Å². The van der Waals surface area contributed by atoms with E-state index >= 15 is 0 Å². The first-order chi connectivity index (χ1) is 10.4. The summed E-state index contributed by atoms with van der Waals surface area (Å²) < 4.78 is 1.84. The average Bonchev–Trinajstić information content (AvgIpc) is 3.14. The summed E-state index contributed by atoms with van der Waals surface area (Å²) in [6, 6.07) is 10.7. The Bertz CT molecular complexity index is 581. The first kappa shape index (κ1) is 12.9. The van der Waals surface area contributed by atoms with Crippen LogP contribution in [0, 0.1) is 5.92 Å². The molecule has 4 rings (SSSR count). The molecule has 6 nitrogen and oxygen atoms in total. The molecule has 1 aromatic carbocycles. The molecule has 0 spiro atoms. The van der Waals surface area contributed by atoms with Gasteiger partial charge in [-0.25, -0.2) is 0 Å². The standard InChI is InChI=1S/C15H20N6/c1-2-6-13(7-3-1)21-15(17-18-19-21)11-20-9-12-5-4-8-16-14(12)10-20/h1-3,6-7,12,14,16H,4-5,8-11H2/t12-,14+/m0/s1. The van der Waals surface area contributed by atoms with E-state index in [1.54, 1.807) is 0 Å². The number of piperidine rings is 1. The normalized spacial score (nSPS) is 25.9. The maximum Gasteiger partial charge on any atom is 0.170 e. The molecule has 2 saturated heterocycles. The van der Waals surface area contributed by atoms with Crippen molar-refractivity contribution in [3.63, 3.8) is 0 Å². The van der Waals surface area contributed by atoms with Gasteiger partial charge in [-0.3, -0.25) is 4.90 Å². The van der Waals surface area contributed by atoms with Crippen LogP contribution in [0.4, 0.5) is 0 Å². The summed E-state index contributed by atoms with van der Waals surface area (Å²) in [6.07, 6.45) is 2.65. The van der Waals surface area contributed by atoms with E-state index in [0.29, 0.717) is 6.04 Å². The summed E-state index contributed by atoms with van der Waals surface area (Å²) in [7, 11) is 0. The highest BCUT2D eigenvalue weighted by Gasteiger charge is 2.34. The molecular formula is C15H20N6. The van der Waals surface area contributed by atoms with Crippen LogP contribution in [0.3, 0.4) is 0 Å². The number of hydrogen-bond donors (Lipinski definition) is 1. The number of likely N-dealkylation sites (tertiary alicyclic amines) is 1. The lowest BCUT2D eigenvalue weighted by atomic mass is 9.94. The molecule has 2 atom stereocenters. The van der Waals surface area contributed by atoms with Crippen LogP contribution in [0.25, 0.3) is 5.69 Å². The minimum atomic E-state index is 0.653. The lowest BCUT2D eigenvalue weighted by Crippen LogP contribution is -2.40. The van der Waals surface area contributed by atoms with Crippen LogP contribution in [0.1, 0.15) is 18.7 Å². The van der Waals surface area contributed by atoms with E-state index in [-0.39, 0.29) is 0 Å². The van der Waals surface area contributed by atoms with Crippen LogP contribution in [0.5, 0.6) is 0 Å². The van der Waals surface area contributed by atoms with Gasteiger partial charge < -0.3 is 5.32 Å². The number of tetrazole rings is 1. The van der Waals surface area contributed by atoms with Gasteiger partial charge in [-0.05, 0) is 47.9 Å². The van der Waals surface area contributed by atoms with Crippen LogP contribution < -0.4 is 5.32 Å². The SMILES string of the molecule is c1ccc(-n2nnnc2CN2C[C@@H]3CCCN[C@@H]3C2)cc1. The van der Waals surface area contributed by atoms with Crippen molar-refractivity contribution in [3.8, 4) is 5.69 Å². The van der Waals surface area contributed by atoms with E-state index in [1.807, 2.05) is 35.0 Å². The van der Waals surface area contributed by atoms with Gasteiger partial charge in [0.15, 0.2) is 5.82 Å². The van der Waals surface area contributed by atoms with Crippen LogP contribution in [0.2, 0.25) is 0 Å². The molecule has 2 aliphatic rings. The van der Waals surface area contributed by atoms with Gasteiger partial charge in [0.2, 0.25) is 0 Å². The second-order valence-electron chi connectivity index (χ2n) is 6.00. The van der Waals surface area contributed by atoms with Crippen molar-refractivity contribution in [1.29, 1.82) is 0 Å². The van der Waals surface area contributed by atoms with Gasteiger partial charge in [-0.15, -0.1) is 5.10 Å². The molecule has 1 N–H and O–H groups in total. The molecule has 2 aliphatic heterocycles. The number of para-hydroxylation sites is 1. The van der Waals surface area contributed by atoms with E-state index in [9.17, 15) is 0 Å². The Morgan fingerprint density at radius 1 is 1.19 bits per heavy atom. The van der Waals surface area contributed by atoms with Gasteiger partial charge in [0, 0.05) is 19.1 Å². The molecule has 110 valence electrons. The molecule has 6 heteroatoms. The molecule has 1 aromatic heterocycles. The predicted octanol–water partition coefficient (Wildman–Crippen LogP) is 0.846. The van der Waals surface area contributed by atoms with Crippen LogP contribution in [-0.4, -0.2) is 50.8 Å². The maximum atomic E-state index is 4.21. The molecule has 0 bridgehead atoms. The summed E-state index contributed by atoms with van der Waals surface area (Å²) in [5, 5.41) is 15.8. The second kappa shape index (κ2) is 5.54. The van der Waals surface area contributed by atoms with Gasteiger partial charge in [-0.2, -0.15) is 4.68 Å². The molecule has 3 heterocycles. The van der Waals surface area contributed by atoms with Crippen molar-refractivity contribution in [1.82, 2.24) is 30.4 Å². The smallest absolute Gasteiger partial charge is 0.170 e. The number of nitrogens with one attached hydrogen (secondary N) is 1. The van der Waals surface area contributed by atoms with Crippen LogP contribution in [0.15, 0.2) is 30.3 Å². The molecule has 0 aliphatic carbocycles. The van der Waals surface area contributed by atoms with Gasteiger partial charge in [0.05, 0.1) is 12.2 Å². The highest BCUT2D eigenvalue weighted by molar-refractivity contribution is 5.30. The molecule has 0 amide bonds. The number of rotatable bonds is 3. The molecule has 21 heavy (non-hydrogen) atoms. The summed E-state index contributed by atoms with van der Waals surface area (Å²) in [5.41, 5.74) is 1.02. The predicted molar refractivity (Wildman–Crippen MR) is 78.9 cm³/mol. The lowest BCUT2D eigenvalue weighted by molar-refractivity contribution is 0.302. The summed E-state index contributed by atoms with van der Waals surface area (Å²) >= 11 is 0. The monoisotopic (exact) mass is 284 g/mol. The Labute approximate surface area is 124 Å². The average molecular weight is 284 g/mol. The van der Waals surface area contributed by atoms with Crippen molar-refractivity contribution in [2.45, 2.75) is 25.4 Å². The van der Waals surface area contributed by atoms with E-state index in [4.69, 9.17) is 0 Å². The third-order valence-corrected chi connectivity index (χ3v) is 4.57. The van der Waals surface area contributed by atoms with E-state index in [0.717, 1.165) is 43.6 Å². The zero-order chi connectivity index (χ0) is 14.1. The molecule has 2 fully saturated rings. The fourth-order valence-corrected chi connectivity index (χ4v) is 3.54. The maximum absolute atomic E-state index is 4.21. The van der Waals surface area contributed by atoms with Crippen LogP contribution >= 0.6 is 0 Å². The molecule has 0 saturated carbocycles. The Kier molecular flexibility index (Phi) is 3.40. The Balaban J connectivity index is 1.50. The molecule has 2 aromatic rings. The second-order valence-corrected chi connectivity index (χ2v) is 6.00. The largest absolute Gasteiger partial charge is 0.312 e. The zero-order valence-electron chi connectivity index (χ0n) is 12.0. The Hall–Kier alpha value is -1.79. The number of nitrogens with zero attached hydrogens (tertiary/aromatic N) is 5. The fraction of sp³-hybridized carbons (Fsp3) is 0.533. The number of aromatic nitrogens is 4. The van der Waals surface area contributed by atoms with Crippen molar-refractivity contribution >= 4 is 0 Å². The van der Waals surface area contributed by atoms with Crippen molar-refractivity contribution in [2.75, 3.05) is 19.6 Å². The zero-order valence-corrected chi connectivity index (χ0v) is 12.0. The number of fused-ring (bicyclic) bond motifs is 1. The summed E-state index contributed by atoms with van der Waals surface area (Å²) in [4.78, 5) is 2.47. The third kappa shape index (κ3) is 2.56. The molecular weight excluding hydrogens is 264 g/mol. The first-order valence-electron chi connectivity index (χ1n) is 7.68. The summed E-state index contributed by atoms with van der Waals surface area (Å²) in [5.74, 6) is 1.71. The highest BCUT2D eigenvalue weighted by Crippen LogP contribution is 2.25. The van der Waals surface area contributed by atoms with Crippen molar-refractivity contribution < 1.29 is 0 Å². The van der Waals surface area contributed by atoms with Crippen molar-refractivity contribution in [3.05, 3.63) is 36.2 Å². The highest BCUT2D eigenvalue weighted by atomic mass is 15.5. The molecule has 0 radical (unpaired) electrons. The number of benzene rings is 1. The quantitative estimate of drug-likeness (QED) is 0.905. The third-order valence-electron chi connectivity index (χ3n) is 4.57. The van der Waals surface area contributed by atoms with E-state index in [2.05, 4.69) is 25.7 Å². The summed E-state index contributed by atoms with van der Waals surface area (Å²) in [6.45, 7) is 4.24. The minimum Gasteiger partial charge on any atom is -0.312 e. The first-order valence-corrected chi connectivity index (χ1v) is 7.68.